The molecule has 0 fully saturated rings. The summed E-state index contributed by atoms with van der Waals surface area (Å²) in [5, 5.41) is 4.60. The van der Waals surface area contributed by atoms with Crippen LogP contribution in [-0.2, 0) is 5.41 Å². The van der Waals surface area contributed by atoms with Gasteiger partial charge in [0.05, 0.1) is 35.6 Å². The van der Waals surface area contributed by atoms with Crippen LogP contribution in [0.1, 0.15) is 297 Å². The van der Waals surface area contributed by atoms with Crippen LogP contribution in [0, 0.1) is 11.8 Å². The van der Waals surface area contributed by atoms with Gasteiger partial charge in [-0.05, 0) is 190 Å². The first-order chi connectivity index (χ1) is 51.9. The number of rotatable bonds is 49. The molecule has 0 bridgehead atoms. The zero-order valence-corrected chi connectivity index (χ0v) is 66.0. The average Bonchev–Trinajstić information content (AvgIpc) is 1.64. The Labute approximate surface area is 635 Å². The van der Waals surface area contributed by atoms with Crippen LogP contribution in [-0.4, -0.2) is 23.2 Å². The number of fused-ring (bicyclic) bond motifs is 9. The van der Waals surface area contributed by atoms with Crippen molar-refractivity contribution in [3.8, 4) is 78.5 Å². The molecule has 0 spiro atoms. The van der Waals surface area contributed by atoms with Crippen LogP contribution in [0.15, 0.2) is 182 Å². The van der Waals surface area contributed by atoms with Crippen LogP contribution in [0.2, 0.25) is 0 Å². The molecule has 2 unspecified atom stereocenters. The summed E-state index contributed by atoms with van der Waals surface area (Å²) in [4.78, 5) is 12.1. The number of aromatic nitrogens is 2. The molecule has 10 aromatic rings. The normalized spacial score (nSPS) is 13.0. The summed E-state index contributed by atoms with van der Waals surface area (Å²) >= 11 is 0. The van der Waals surface area contributed by atoms with Crippen molar-refractivity contribution in [2.24, 2.45) is 11.8 Å². The third kappa shape index (κ3) is 21.4. The van der Waals surface area contributed by atoms with E-state index in [-0.39, 0.29) is 5.41 Å². The second-order valence-electron chi connectivity index (χ2n) is 31.7. The van der Waals surface area contributed by atoms with Gasteiger partial charge in [0.15, 0.2) is 0 Å². The smallest absolute Gasteiger partial charge is 0.119 e. The summed E-state index contributed by atoms with van der Waals surface area (Å²) in [6.07, 6.45) is 49.0. The van der Waals surface area contributed by atoms with Gasteiger partial charge in [-0.25, -0.2) is 9.97 Å². The topological polar surface area (TPSA) is 44.2 Å². The minimum Gasteiger partial charge on any atom is -0.493 e. The maximum absolute atomic E-state index is 6.84. The molecule has 11 rings (SSSR count). The van der Waals surface area contributed by atoms with Crippen molar-refractivity contribution in [1.29, 1.82) is 0 Å². The highest BCUT2D eigenvalue weighted by molar-refractivity contribution is 6.24. The minimum absolute atomic E-state index is 0.0913. The van der Waals surface area contributed by atoms with Gasteiger partial charge in [0.25, 0.3) is 0 Å². The van der Waals surface area contributed by atoms with Gasteiger partial charge in [0.2, 0.25) is 0 Å². The van der Waals surface area contributed by atoms with E-state index in [0.717, 1.165) is 81.9 Å². The maximum atomic E-state index is 6.84. The average molecular weight is 1400 g/mol. The minimum atomic E-state index is -0.0913. The van der Waals surface area contributed by atoms with E-state index < -0.39 is 0 Å². The molecule has 4 nitrogen and oxygen atoms in total. The van der Waals surface area contributed by atoms with E-state index in [1.54, 1.807) is 0 Å². The standard InChI is InChI=1S/C101H130N2O2/c1-7-13-19-25-29-37-47-77(45-35-23-17-11-5)75-104-87-61-53-81(54-62-87)97-98(82-55-63-88(64-56-82)105-76-78(46-36-24-18-12-6)48-38-30-26-20-14-8-2)103-100-94-72-84(58-66-90(94)89-65-57-83(71-93(89)99(100)102-97)79-49-39-33-40-50-79)86-60-68-92-91-67-59-85(80-51-41-34-42-52-80)73-95(91)101(96(92)74-86,69-43-31-27-21-15-9-3)70-44-32-28-22-16-10-4/h33-34,39-42,49-68,71-74,77-78H,7-32,35-38,43-48,69-70,75-76H2,1-6H3. The van der Waals surface area contributed by atoms with Crippen LogP contribution in [0.4, 0.5) is 0 Å². The van der Waals surface area contributed by atoms with E-state index in [9.17, 15) is 0 Å². The molecule has 0 N–H and O–H groups in total. The molecule has 0 aliphatic heterocycles. The van der Waals surface area contributed by atoms with Gasteiger partial charge in [-0.15, -0.1) is 0 Å². The van der Waals surface area contributed by atoms with Gasteiger partial charge >= 0.3 is 0 Å². The highest BCUT2D eigenvalue weighted by Crippen LogP contribution is 2.56. The lowest BCUT2D eigenvalue weighted by atomic mass is 9.70. The van der Waals surface area contributed by atoms with E-state index in [0.29, 0.717) is 11.8 Å². The summed E-state index contributed by atoms with van der Waals surface area (Å²) in [6.45, 7) is 15.4. The zero-order valence-electron chi connectivity index (χ0n) is 66.0. The maximum Gasteiger partial charge on any atom is 0.119 e. The number of unbranched alkanes of at least 4 members (excludes halogenated alkanes) is 26. The third-order valence-corrected chi connectivity index (χ3v) is 23.6. The van der Waals surface area contributed by atoms with Crippen LogP contribution in [0.3, 0.4) is 0 Å². The Kier molecular flexibility index (Phi) is 31.5. The first kappa shape index (κ1) is 78.5. The molecule has 0 saturated heterocycles. The summed E-state index contributed by atoms with van der Waals surface area (Å²) in [5.74, 6) is 2.96. The van der Waals surface area contributed by atoms with Gasteiger partial charge in [-0.2, -0.15) is 0 Å². The van der Waals surface area contributed by atoms with Crippen molar-refractivity contribution in [1.82, 2.24) is 9.97 Å². The third-order valence-electron chi connectivity index (χ3n) is 23.6. The van der Waals surface area contributed by atoms with Crippen molar-refractivity contribution in [2.75, 3.05) is 13.2 Å². The first-order valence-electron chi connectivity index (χ1n) is 42.9. The highest BCUT2D eigenvalue weighted by Gasteiger charge is 2.43. The number of nitrogens with zero attached hydrogens (tertiary/aromatic N) is 2. The lowest BCUT2D eigenvalue weighted by Crippen LogP contribution is -2.25. The molecule has 1 heterocycles. The quantitative estimate of drug-likeness (QED) is 0.0282. The van der Waals surface area contributed by atoms with Crippen molar-refractivity contribution in [2.45, 2.75) is 291 Å². The molecule has 0 saturated carbocycles. The van der Waals surface area contributed by atoms with Crippen molar-refractivity contribution < 1.29 is 9.47 Å². The second-order valence-corrected chi connectivity index (χ2v) is 31.7. The number of hydrogen-bond acceptors (Lipinski definition) is 4. The van der Waals surface area contributed by atoms with Gasteiger partial charge in [-0.1, -0.05) is 356 Å². The van der Waals surface area contributed by atoms with Crippen molar-refractivity contribution in [3.63, 3.8) is 0 Å². The van der Waals surface area contributed by atoms with E-state index >= 15 is 0 Å². The highest BCUT2D eigenvalue weighted by atomic mass is 16.5. The summed E-state index contributed by atoms with van der Waals surface area (Å²) in [7, 11) is 0. The molecule has 0 radical (unpaired) electrons. The second kappa shape index (κ2) is 42.1. The number of benzene rings is 9. The lowest BCUT2D eigenvalue weighted by Gasteiger charge is -2.33. The molecule has 1 aliphatic carbocycles. The van der Waals surface area contributed by atoms with E-state index in [1.807, 2.05) is 0 Å². The lowest BCUT2D eigenvalue weighted by molar-refractivity contribution is 0.224. The van der Waals surface area contributed by atoms with Crippen LogP contribution < -0.4 is 9.47 Å². The molecular weight excluding hydrogens is 1270 g/mol. The van der Waals surface area contributed by atoms with Crippen LogP contribution in [0.5, 0.6) is 11.5 Å². The van der Waals surface area contributed by atoms with Crippen LogP contribution >= 0.6 is 0 Å². The molecule has 4 heteroatoms. The Morgan fingerprint density at radius 1 is 0.267 bits per heavy atom. The molecule has 105 heavy (non-hydrogen) atoms. The SMILES string of the molecule is CCCCCCCCC(CCCCCC)COc1ccc(-c2nc3c4cc(-c5ccccc5)ccc4c4ccc(-c5ccc6c(c5)C(CCCCCCCC)(CCCCCCCC)c5cc(-c7ccccc7)ccc5-6)cc4c3nc2-c2ccc(OCC(CCCCCC)CCCCCCCC)cc2)cc1. The van der Waals surface area contributed by atoms with Crippen molar-refractivity contribution >= 4 is 32.6 Å². The Bertz CT molecular complexity index is 4170. The summed E-state index contributed by atoms with van der Waals surface area (Å²) in [6, 6.07) is 69.0. The molecule has 0 amide bonds. The Morgan fingerprint density at radius 2 is 0.562 bits per heavy atom. The van der Waals surface area contributed by atoms with Crippen LogP contribution in [0.25, 0.3) is 99.6 Å². The van der Waals surface area contributed by atoms with E-state index in [2.05, 4.69) is 224 Å². The van der Waals surface area contributed by atoms with Gasteiger partial charge in [-0.3, -0.25) is 0 Å². The van der Waals surface area contributed by atoms with Crippen molar-refractivity contribution in [3.05, 3.63) is 193 Å². The Morgan fingerprint density at radius 3 is 0.933 bits per heavy atom. The van der Waals surface area contributed by atoms with Gasteiger partial charge < -0.3 is 9.47 Å². The number of ether oxygens (including phenoxy) is 2. The molecular formula is C101H130N2O2. The summed E-state index contributed by atoms with van der Waals surface area (Å²) in [5.41, 5.74) is 18.9. The molecule has 1 aromatic heterocycles. The summed E-state index contributed by atoms with van der Waals surface area (Å²) < 4.78 is 13.7. The fourth-order valence-corrected chi connectivity index (χ4v) is 17.3. The number of hydrogen-bond donors (Lipinski definition) is 0. The predicted molar refractivity (Wildman–Crippen MR) is 455 cm³/mol. The Balaban J connectivity index is 1.02. The molecule has 1 aliphatic rings. The van der Waals surface area contributed by atoms with Gasteiger partial charge in [0, 0.05) is 27.3 Å². The Hall–Kier alpha value is -7.56. The largest absolute Gasteiger partial charge is 0.493 e. The molecule has 556 valence electrons. The fraction of sp³-hybridized carbons (Fsp3) is 0.485. The predicted octanol–water partition coefficient (Wildman–Crippen LogP) is 31.5. The first-order valence-corrected chi connectivity index (χ1v) is 42.9. The molecule has 9 aromatic carbocycles. The van der Waals surface area contributed by atoms with E-state index in [1.165, 1.54) is 298 Å². The van der Waals surface area contributed by atoms with E-state index in [4.69, 9.17) is 19.4 Å². The zero-order chi connectivity index (χ0) is 72.7. The molecule has 2 atom stereocenters. The van der Waals surface area contributed by atoms with Gasteiger partial charge in [0.1, 0.15) is 11.5 Å². The monoisotopic (exact) mass is 1400 g/mol. The fourth-order valence-electron chi connectivity index (χ4n) is 17.3.